The lowest BCUT2D eigenvalue weighted by molar-refractivity contribution is -0.111. The molecule has 3 heterocycles. The van der Waals surface area contributed by atoms with Gasteiger partial charge in [0.25, 0.3) is 5.91 Å². The first-order valence-electron chi connectivity index (χ1n) is 10.8. The number of carbonyl (C=O) groups excluding carboxylic acids is 1. The number of hydrogen-bond donors (Lipinski definition) is 2. The maximum Gasteiger partial charge on any atom is 0.300 e. The molecule has 4 aromatic rings. The maximum atomic E-state index is 11.8. The van der Waals surface area contributed by atoms with Crippen LogP contribution in [-0.2, 0) is 29.1 Å². The van der Waals surface area contributed by atoms with Crippen LogP contribution in [0.15, 0.2) is 54.6 Å². The molecule has 0 spiro atoms. The Bertz CT molecular complexity index is 1390. The SMILES string of the molecule is C#CC(=O)Nc1cccc2c1cc(C)n2-c1nc2c(c(NCc3ccccc3)n1)COCC2. The molecule has 0 atom stereocenters. The van der Waals surface area contributed by atoms with Crippen molar-refractivity contribution in [2.75, 3.05) is 17.2 Å². The quantitative estimate of drug-likeness (QED) is 0.462. The number of hydrogen-bond acceptors (Lipinski definition) is 5. The van der Waals surface area contributed by atoms with E-state index < -0.39 is 5.91 Å². The fourth-order valence-electron chi connectivity index (χ4n) is 4.14. The van der Waals surface area contributed by atoms with Gasteiger partial charge in [-0.2, -0.15) is 4.98 Å². The highest BCUT2D eigenvalue weighted by atomic mass is 16.5. The molecule has 7 nitrogen and oxygen atoms in total. The molecule has 0 saturated heterocycles. The van der Waals surface area contributed by atoms with Gasteiger partial charge in [-0.15, -0.1) is 6.42 Å². The fourth-order valence-corrected chi connectivity index (χ4v) is 4.14. The van der Waals surface area contributed by atoms with E-state index in [0.717, 1.165) is 40.1 Å². The summed E-state index contributed by atoms with van der Waals surface area (Å²) in [6.45, 7) is 3.77. The van der Waals surface area contributed by atoms with Crippen LogP contribution < -0.4 is 10.6 Å². The molecule has 2 aromatic heterocycles. The molecular weight excluding hydrogens is 414 g/mol. The normalized spacial score (nSPS) is 12.7. The number of anilines is 2. The van der Waals surface area contributed by atoms with E-state index >= 15 is 0 Å². The first-order valence-corrected chi connectivity index (χ1v) is 10.8. The van der Waals surface area contributed by atoms with Gasteiger partial charge in [-0.1, -0.05) is 36.4 Å². The molecule has 1 aliphatic rings. The Hall–Kier alpha value is -4.15. The minimum atomic E-state index is -0.481. The highest BCUT2D eigenvalue weighted by Gasteiger charge is 2.21. The number of nitrogens with zero attached hydrogens (tertiary/aromatic N) is 3. The molecule has 0 radical (unpaired) electrons. The van der Waals surface area contributed by atoms with E-state index in [4.69, 9.17) is 21.1 Å². The minimum absolute atomic E-state index is 0.481. The molecule has 0 saturated carbocycles. The van der Waals surface area contributed by atoms with Crippen LogP contribution in [0.5, 0.6) is 0 Å². The number of rotatable bonds is 5. The van der Waals surface area contributed by atoms with Crippen molar-refractivity contribution in [3.63, 3.8) is 0 Å². The van der Waals surface area contributed by atoms with E-state index in [2.05, 4.69) is 28.7 Å². The zero-order chi connectivity index (χ0) is 22.8. The van der Waals surface area contributed by atoms with E-state index in [9.17, 15) is 4.79 Å². The summed E-state index contributed by atoms with van der Waals surface area (Å²) in [5.41, 5.74) is 5.65. The van der Waals surface area contributed by atoms with Crippen molar-refractivity contribution in [1.29, 1.82) is 0 Å². The third-order valence-corrected chi connectivity index (χ3v) is 5.72. The number of fused-ring (bicyclic) bond motifs is 2. The molecule has 33 heavy (non-hydrogen) atoms. The van der Waals surface area contributed by atoms with E-state index in [0.29, 0.717) is 31.4 Å². The first-order chi connectivity index (χ1) is 16.1. The maximum absolute atomic E-state index is 11.8. The van der Waals surface area contributed by atoms with Crippen LogP contribution in [0.4, 0.5) is 11.5 Å². The highest BCUT2D eigenvalue weighted by Crippen LogP contribution is 2.31. The van der Waals surface area contributed by atoms with Gasteiger partial charge < -0.3 is 15.4 Å². The van der Waals surface area contributed by atoms with Crippen molar-refractivity contribution in [1.82, 2.24) is 14.5 Å². The largest absolute Gasteiger partial charge is 0.376 e. The van der Waals surface area contributed by atoms with Crippen LogP contribution in [0.3, 0.4) is 0 Å². The van der Waals surface area contributed by atoms with Gasteiger partial charge in [0.1, 0.15) is 5.82 Å². The Morgan fingerprint density at radius 2 is 2.03 bits per heavy atom. The lowest BCUT2D eigenvalue weighted by Crippen LogP contribution is -2.19. The van der Waals surface area contributed by atoms with Gasteiger partial charge in [0, 0.05) is 29.6 Å². The summed E-state index contributed by atoms with van der Waals surface area (Å²) in [4.78, 5) is 21.6. The number of ether oxygens (including phenoxy) is 1. The molecule has 0 unspecified atom stereocenters. The van der Waals surface area contributed by atoms with Crippen molar-refractivity contribution in [3.8, 4) is 18.3 Å². The van der Waals surface area contributed by atoms with E-state index in [1.807, 2.05) is 54.0 Å². The molecule has 0 fully saturated rings. The summed E-state index contributed by atoms with van der Waals surface area (Å²) in [5, 5.41) is 7.13. The minimum Gasteiger partial charge on any atom is -0.376 e. The van der Waals surface area contributed by atoms with Gasteiger partial charge in [-0.25, -0.2) is 4.98 Å². The summed E-state index contributed by atoms with van der Waals surface area (Å²) in [5.74, 6) is 2.97. The van der Waals surface area contributed by atoms with Crippen molar-refractivity contribution in [2.24, 2.45) is 0 Å². The van der Waals surface area contributed by atoms with Gasteiger partial charge in [-0.05, 0) is 36.6 Å². The van der Waals surface area contributed by atoms with Crippen LogP contribution in [0.2, 0.25) is 0 Å². The predicted octanol–water partition coefficient (Wildman–Crippen LogP) is 3.99. The van der Waals surface area contributed by atoms with Gasteiger partial charge in [0.05, 0.1) is 30.1 Å². The van der Waals surface area contributed by atoms with Crippen molar-refractivity contribution >= 4 is 28.3 Å². The van der Waals surface area contributed by atoms with E-state index in [1.165, 1.54) is 5.56 Å². The summed E-state index contributed by atoms with van der Waals surface area (Å²) in [6, 6.07) is 17.9. The molecule has 1 amide bonds. The standard InChI is InChI=1S/C26H23N5O2/c1-3-24(32)28-21-10-7-11-23-19(21)14-17(2)31(23)26-29-22-12-13-33-16-20(22)25(30-26)27-15-18-8-5-4-6-9-18/h1,4-11,14H,12-13,15-16H2,2H3,(H,28,32)(H,27,29,30). The Morgan fingerprint density at radius 1 is 1.18 bits per heavy atom. The number of carbonyl (C=O) groups is 1. The van der Waals surface area contributed by atoms with Crippen LogP contribution in [0, 0.1) is 19.3 Å². The molecule has 2 aromatic carbocycles. The molecular formula is C26H23N5O2. The molecule has 164 valence electrons. The zero-order valence-electron chi connectivity index (χ0n) is 18.3. The molecule has 0 bridgehead atoms. The lowest BCUT2D eigenvalue weighted by atomic mass is 10.1. The second kappa shape index (κ2) is 8.77. The van der Waals surface area contributed by atoms with Crippen molar-refractivity contribution in [3.05, 3.63) is 77.1 Å². The zero-order valence-corrected chi connectivity index (χ0v) is 18.3. The first kappa shape index (κ1) is 20.7. The van der Waals surface area contributed by atoms with E-state index in [1.54, 1.807) is 0 Å². The monoisotopic (exact) mass is 437 g/mol. The second-order valence-electron chi connectivity index (χ2n) is 7.90. The van der Waals surface area contributed by atoms with E-state index in [-0.39, 0.29) is 0 Å². The van der Waals surface area contributed by atoms with Gasteiger partial charge >= 0.3 is 0 Å². The summed E-state index contributed by atoms with van der Waals surface area (Å²) < 4.78 is 7.70. The Morgan fingerprint density at radius 3 is 2.85 bits per heavy atom. The van der Waals surface area contributed by atoms with Crippen LogP contribution in [0.25, 0.3) is 16.9 Å². The number of amides is 1. The van der Waals surface area contributed by atoms with Crippen LogP contribution >= 0.6 is 0 Å². The third-order valence-electron chi connectivity index (χ3n) is 5.72. The van der Waals surface area contributed by atoms with Crippen molar-refractivity contribution in [2.45, 2.75) is 26.5 Å². The second-order valence-corrected chi connectivity index (χ2v) is 7.90. The molecule has 2 N–H and O–H groups in total. The van der Waals surface area contributed by atoms with Gasteiger partial charge in [0.15, 0.2) is 0 Å². The number of aromatic nitrogens is 3. The topological polar surface area (TPSA) is 81.1 Å². The molecule has 5 rings (SSSR count). The predicted molar refractivity (Wildman–Crippen MR) is 128 cm³/mol. The number of aryl methyl sites for hydroxylation is 1. The van der Waals surface area contributed by atoms with Crippen LogP contribution in [-0.4, -0.2) is 27.0 Å². The van der Waals surface area contributed by atoms with Crippen molar-refractivity contribution < 1.29 is 9.53 Å². The van der Waals surface area contributed by atoms with Crippen LogP contribution in [0.1, 0.15) is 22.5 Å². The van der Waals surface area contributed by atoms with Gasteiger partial charge in [-0.3, -0.25) is 9.36 Å². The average Bonchev–Trinajstić information content (AvgIpc) is 3.19. The fraction of sp³-hybridized carbons (Fsp3) is 0.192. The number of nitrogens with one attached hydrogen (secondary N) is 2. The number of terminal acetylenes is 1. The van der Waals surface area contributed by atoms with Gasteiger partial charge in [0.2, 0.25) is 5.95 Å². The summed E-state index contributed by atoms with van der Waals surface area (Å²) in [7, 11) is 0. The Balaban J connectivity index is 1.59. The average molecular weight is 438 g/mol. The molecule has 7 heteroatoms. The highest BCUT2D eigenvalue weighted by molar-refractivity contribution is 6.08. The smallest absolute Gasteiger partial charge is 0.300 e. The number of benzene rings is 2. The summed E-state index contributed by atoms with van der Waals surface area (Å²) >= 11 is 0. The lowest BCUT2D eigenvalue weighted by Gasteiger charge is -2.21. The third kappa shape index (κ3) is 4.04. The molecule has 0 aliphatic carbocycles. The summed E-state index contributed by atoms with van der Waals surface area (Å²) in [6.07, 6.45) is 5.97. The Labute approximate surface area is 191 Å². The Kier molecular flexibility index (Phi) is 5.51. The molecule has 1 aliphatic heterocycles.